The Hall–Kier alpha value is -2.63. The van der Waals surface area contributed by atoms with Gasteiger partial charge in [-0.05, 0) is 23.6 Å². The molecule has 2 aromatic heterocycles. The number of nitro groups is 1. The van der Waals surface area contributed by atoms with Crippen molar-refractivity contribution in [3.8, 4) is 0 Å². The van der Waals surface area contributed by atoms with Crippen LogP contribution in [0.25, 0.3) is 0 Å². The molecule has 3 rings (SSSR count). The minimum atomic E-state index is -3.87. The second-order valence-corrected chi connectivity index (χ2v) is 8.83. The van der Waals surface area contributed by atoms with Gasteiger partial charge in [-0.3, -0.25) is 20.2 Å². The highest BCUT2D eigenvalue weighted by atomic mass is 32.2. The Morgan fingerprint density at radius 1 is 1.20 bits per heavy atom. The van der Waals surface area contributed by atoms with E-state index < -0.39 is 14.8 Å². The lowest BCUT2D eigenvalue weighted by Crippen LogP contribution is -2.09. The SMILES string of the molecule is O=C(Nc1ncc(S(=O)(=O)c2ccc([N+](=O)[O-])cc2)s1)c1cccs1. The molecule has 3 aromatic rings. The summed E-state index contributed by atoms with van der Waals surface area (Å²) in [6.45, 7) is 0. The van der Waals surface area contributed by atoms with Gasteiger partial charge in [0.1, 0.15) is 4.21 Å². The molecule has 0 spiro atoms. The highest BCUT2D eigenvalue weighted by Crippen LogP contribution is 2.29. The fourth-order valence-corrected chi connectivity index (χ4v) is 4.92. The highest BCUT2D eigenvalue weighted by molar-refractivity contribution is 7.93. The van der Waals surface area contributed by atoms with E-state index in [1.807, 2.05) is 0 Å². The van der Waals surface area contributed by atoms with Crippen LogP contribution in [0.3, 0.4) is 0 Å². The Labute approximate surface area is 149 Å². The number of carbonyl (C=O) groups is 1. The van der Waals surface area contributed by atoms with E-state index in [1.165, 1.54) is 11.3 Å². The molecule has 0 unspecified atom stereocenters. The van der Waals surface area contributed by atoms with E-state index in [-0.39, 0.29) is 25.8 Å². The van der Waals surface area contributed by atoms with Gasteiger partial charge in [0.15, 0.2) is 5.13 Å². The van der Waals surface area contributed by atoms with Crippen LogP contribution in [0.15, 0.2) is 57.1 Å². The van der Waals surface area contributed by atoms with Gasteiger partial charge in [-0.15, -0.1) is 11.3 Å². The van der Waals surface area contributed by atoms with Crippen LogP contribution in [0.1, 0.15) is 9.67 Å². The number of rotatable bonds is 5. The molecule has 8 nitrogen and oxygen atoms in total. The Bertz CT molecular complexity index is 1020. The van der Waals surface area contributed by atoms with E-state index in [0.717, 1.165) is 41.8 Å². The number of hydrogen-bond donors (Lipinski definition) is 1. The maximum atomic E-state index is 12.5. The Kier molecular flexibility index (Phi) is 4.61. The number of thiazole rings is 1. The van der Waals surface area contributed by atoms with Crippen LogP contribution in [0, 0.1) is 10.1 Å². The minimum Gasteiger partial charge on any atom is -0.297 e. The molecule has 0 aliphatic carbocycles. The molecule has 0 radical (unpaired) electrons. The zero-order valence-electron chi connectivity index (χ0n) is 12.3. The molecule has 0 atom stereocenters. The molecular formula is C14H9N3O5S3. The summed E-state index contributed by atoms with van der Waals surface area (Å²) in [6, 6.07) is 7.93. The lowest BCUT2D eigenvalue weighted by Gasteiger charge is -2.01. The average molecular weight is 395 g/mol. The summed E-state index contributed by atoms with van der Waals surface area (Å²) in [5, 5.41) is 15.1. The van der Waals surface area contributed by atoms with Crippen LogP contribution >= 0.6 is 22.7 Å². The summed E-state index contributed by atoms with van der Waals surface area (Å²) < 4.78 is 25.0. The molecule has 0 aliphatic rings. The van der Waals surface area contributed by atoms with Crippen molar-refractivity contribution in [2.75, 3.05) is 5.32 Å². The fraction of sp³-hybridized carbons (Fsp3) is 0. The number of carbonyl (C=O) groups excluding carboxylic acids is 1. The van der Waals surface area contributed by atoms with Crippen LogP contribution in [0.5, 0.6) is 0 Å². The van der Waals surface area contributed by atoms with Gasteiger partial charge in [0.05, 0.1) is 20.9 Å². The first kappa shape index (κ1) is 17.2. The van der Waals surface area contributed by atoms with E-state index in [1.54, 1.807) is 17.5 Å². The quantitative estimate of drug-likeness (QED) is 0.523. The summed E-state index contributed by atoms with van der Waals surface area (Å²) in [7, 11) is -3.87. The van der Waals surface area contributed by atoms with E-state index in [9.17, 15) is 23.3 Å². The molecule has 0 saturated heterocycles. The Morgan fingerprint density at radius 3 is 2.52 bits per heavy atom. The predicted molar refractivity (Wildman–Crippen MR) is 92.9 cm³/mol. The number of amides is 1. The molecule has 0 aliphatic heterocycles. The van der Waals surface area contributed by atoms with E-state index in [2.05, 4.69) is 10.3 Å². The number of hydrogen-bond acceptors (Lipinski definition) is 8. The van der Waals surface area contributed by atoms with Crippen LogP contribution in [0.2, 0.25) is 0 Å². The zero-order chi connectivity index (χ0) is 18.0. The maximum Gasteiger partial charge on any atom is 0.269 e. The second kappa shape index (κ2) is 6.70. The van der Waals surface area contributed by atoms with Crippen LogP contribution in [-0.4, -0.2) is 24.2 Å². The summed E-state index contributed by atoms with van der Waals surface area (Å²) in [4.78, 5) is 26.3. The normalized spacial score (nSPS) is 11.2. The lowest BCUT2D eigenvalue weighted by atomic mass is 10.3. The van der Waals surface area contributed by atoms with Crippen LogP contribution in [0.4, 0.5) is 10.8 Å². The highest BCUT2D eigenvalue weighted by Gasteiger charge is 2.22. The maximum absolute atomic E-state index is 12.5. The summed E-state index contributed by atoms with van der Waals surface area (Å²) >= 11 is 2.07. The van der Waals surface area contributed by atoms with Gasteiger partial charge < -0.3 is 0 Å². The number of benzene rings is 1. The van der Waals surface area contributed by atoms with E-state index in [0.29, 0.717) is 4.88 Å². The summed E-state index contributed by atoms with van der Waals surface area (Å²) in [5.41, 5.74) is -0.202. The lowest BCUT2D eigenvalue weighted by molar-refractivity contribution is -0.384. The first-order chi connectivity index (χ1) is 11.9. The minimum absolute atomic E-state index is 0.0668. The first-order valence-electron chi connectivity index (χ1n) is 6.68. The summed E-state index contributed by atoms with van der Waals surface area (Å²) in [6.07, 6.45) is 1.14. The average Bonchev–Trinajstić information content (AvgIpc) is 3.26. The number of non-ortho nitro benzene ring substituents is 1. The van der Waals surface area contributed by atoms with Crippen molar-refractivity contribution < 1.29 is 18.1 Å². The number of nitrogens with one attached hydrogen (secondary N) is 1. The van der Waals surface area contributed by atoms with Crippen LogP contribution in [-0.2, 0) is 9.84 Å². The van der Waals surface area contributed by atoms with Crippen molar-refractivity contribution >= 4 is 49.2 Å². The monoisotopic (exact) mass is 395 g/mol. The molecule has 1 amide bonds. The fourth-order valence-electron chi connectivity index (χ4n) is 1.87. The number of thiophene rings is 1. The number of aromatic nitrogens is 1. The number of sulfone groups is 1. The molecule has 2 heterocycles. The Balaban J connectivity index is 1.83. The third kappa shape index (κ3) is 3.57. The molecule has 11 heteroatoms. The molecule has 0 saturated carbocycles. The molecule has 1 aromatic carbocycles. The largest absolute Gasteiger partial charge is 0.297 e. The van der Waals surface area contributed by atoms with Gasteiger partial charge in [-0.25, -0.2) is 13.4 Å². The second-order valence-electron chi connectivity index (χ2n) is 4.67. The molecule has 0 bridgehead atoms. The molecular weight excluding hydrogens is 386 g/mol. The van der Waals surface area contributed by atoms with Crippen molar-refractivity contribution in [2.24, 2.45) is 0 Å². The third-order valence-corrected chi connectivity index (χ3v) is 7.08. The Morgan fingerprint density at radius 2 is 1.92 bits per heavy atom. The molecule has 128 valence electrons. The number of nitro benzene ring substituents is 1. The molecule has 1 N–H and O–H groups in total. The van der Waals surface area contributed by atoms with Gasteiger partial charge in [-0.1, -0.05) is 17.4 Å². The van der Waals surface area contributed by atoms with Gasteiger partial charge in [0.2, 0.25) is 9.84 Å². The number of nitrogens with zero attached hydrogens (tertiary/aromatic N) is 2. The van der Waals surface area contributed by atoms with E-state index >= 15 is 0 Å². The summed E-state index contributed by atoms with van der Waals surface area (Å²) in [5.74, 6) is -0.372. The predicted octanol–water partition coefficient (Wildman–Crippen LogP) is 3.20. The van der Waals surface area contributed by atoms with Gasteiger partial charge in [0.25, 0.3) is 11.6 Å². The smallest absolute Gasteiger partial charge is 0.269 e. The van der Waals surface area contributed by atoms with Crippen molar-refractivity contribution in [3.05, 3.63) is 63.0 Å². The van der Waals surface area contributed by atoms with Crippen molar-refractivity contribution in [2.45, 2.75) is 9.10 Å². The molecule has 0 fully saturated rings. The van der Waals surface area contributed by atoms with Crippen LogP contribution < -0.4 is 5.32 Å². The van der Waals surface area contributed by atoms with Gasteiger partial charge in [-0.2, -0.15) is 0 Å². The van der Waals surface area contributed by atoms with E-state index in [4.69, 9.17) is 0 Å². The first-order valence-corrected chi connectivity index (χ1v) is 9.86. The van der Waals surface area contributed by atoms with Crippen molar-refractivity contribution in [1.82, 2.24) is 4.98 Å². The zero-order valence-corrected chi connectivity index (χ0v) is 14.7. The topological polar surface area (TPSA) is 119 Å². The third-order valence-electron chi connectivity index (χ3n) is 3.07. The molecule has 25 heavy (non-hydrogen) atoms. The van der Waals surface area contributed by atoms with Crippen molar-refractivity contribution in [1.29, 1.82) is 0 Å². The van der Waals surface area contributed by atoms with Crippen molar-refractivity contribution in [3.63, 3.8) is 0 Å². The van der Waals surface area contributed by atoms with Gasteiger partial charge >= 0.3 is 0 Å². The standard InChI is InChI=1S/C14H9N3O5S3/c18-13(11-2-1-7-23-11)16-14-15-8-12(24-14)25(21,22)10-5-3-9(4-6-10)17(19)20/h1-8H,(H,15,16,18). The van der Waals surface area contributed by atoms with Gasteiger partial charge in [0, 0.05) is 12.1 Å². The number of anilines is 1.